The molecule has 30 heavy (non-hydrogen) atoms. The molecule has 1 fully saturated rings. The van der Waals surface area contributed by atoms with Crippen LogP contribution in [0.3, 0.4) is 0 Å². The molecule has 1 saturated carbocycles. The normalized spacial score (nSPS) is 21.2. The first-order chi connectivity index (χ1) is 14.4. The molecule has 2 aromatic rings. The smallest absolute Gasteiger partial charge is 0.335 e. The highest BCUT2D eigenvalue weighted by Gasteiger charge is 2.28. The van der Waals surface area contributed by atoms with Crippen molar-refractivity contribution in [3.63, 3.8) is 0 Å². The molecular formula is C21H29N5O3S. The Morgan fingerprint density at radius 1 is 1.23 bits per heavy atom. The lowest BCUT2D eigenvalue weighted by molar-refractivity contribution is -0.117. The third kappa shape index (κ3) is 5.98. The third-order valence-corrected chi connectivity index (χ3v) is 6.78. The molecule has 162 valence electrons. The van der Waals surface area contributed by atoms with Crippen molar-refractivity contribution in [1.82, 2.24) is 25.4 Å². The van der Waals surface area contributed by atoms with Crippen LogP contribution in [0.5, 0.6) is 0 Å². The van der Waals surface area contributed by atoms with Gasteiger partial charge < -0.3 is 5.32 Å². The van der Waals surface area contributed by atoms with Crippen molar-refractivity contribution < 1.29 is 9.59 Å². The molecule has 3 N–H and O–H groups in total. The molecule has 0 spiro atoms. The number of aromatic amines is 1. The number of benzene rings is 1. The molecule has 1 aromatic carbocycles. The Morgan fingerprint density at radius 3 is 2.77 bits per heavy atom. The van der Waals surface area contributed by atoms with Crippen LogP contribution in [0.2, 0.25) is 0 Å². The summed E-state index contributed by atoms with van der Waals surface area (Å²) in [5.74, 6) is 0.526. The molecule has 3 atom stereocenters. The van der Waals surface area contributed by atoms with E-state index in [1.165, 1.54) is 11.0 Å². The van der Waals surface area contributed by atoms with Crippen LogP contribution in [0.25, 0.3) is 0 Å². The van der Waals surface area contributed by atoms with Crippen LogP contribution in [0.1, 0.15) is 38.7 Å². The Bertz CT molecular complexity index is 911. The standard InChI is InChI=1S/C21H29N5O3S/c1-14-7-6-10-17(15(14)2)22-19(28)23-18(27)13-30-21-25-24-20(29)26(21)12-11-16-8-4-3-5-9-16/h3-5,8-9,14-15,17H,6-7,10-13H2,1-2H3,(H,24,29)(H2,22,23,27,28)/t14-,15+,17+/m1/s1. The molecule has 1 aromatic heterocycles. The highest BCUT2D eigenvalue weighted by Crippen LogP contribution is 2.29. The maximum atomic E-state index is 12.2. The van der Waals surface area contributed by atoms with E-state index in [1.54, 1.807) is 0 Å². The SMILES string of the molecule is C[C@H]1[C@H](C)CCC[C@@H]1NC(=O)NC(=O)CSc1n[nH]c(=O)n1CCc1ccccc1. The number of carbonyl (C=O) groups is 2. The molecule has 0 bridgehead atoms. The molecule has 3 rings (SSSR count). The monoisotopic (exact) mass is 431 g/mol. The lowest BCUT2D eigenvalue weighted by atomic mass is 9.78. The fourth-order valence-electron chi connectivity index (χ4n) is 3.78. The average Bonchev–Trinajstić information content (AvgIpc) is 3.08. The summed E-state index contributed by atoms with van der Waals surface area (Å²) in [6.45, 7) is 4.79. The zero-order valence-corrected chi connectivity index (χ0v) is 18.2. The molecule has 8 nitrogen and oxygen atoms in total. The van der Waals surface area contributed by atoms with Gasteiger partial charge in [-0.2, -0.15) is 0 Å². The van der Waals surface area contributed by atoms with Crippen molar-refractivity contribution in [3.8, 4) is 0 Å². The van der Waals surface area contributed by atoms with Crippen LogP contribution in [-0.4, -0.2) is 38.5 Å². The van der Waals surface area contributed by atoms with Crippen molar-refractivity contribution in [1.29, 1.82) is 0 Å². The van der Waals surface area contributed by atoms with Crippen molar-refractivity contribution in [2.75, 3.05) is 5.75 Å². The molecule has 0 unspecified atom stereocenters. The second-order valence-corrected chi connectivity index (χ2v) is 8.83. The zero-order valence-electron chi connectivity index (χ0n) is 17.4. The minimum Gasteiger partial charge on any atom is -0.335 e. The van der Waals surface area contributed by atoms with Crippen LogP contribution >= 0.6 is 11.8 Å². The number of amides is 3. The van der Waals surface area contributed by atoms with Crippen LogP contribution in [0, 0.1) is 11.8 Å². The fourth-order valence-corrected chi connectivity index (χ4v) is 4.55. The number of urea groups is 1. The number of H-pyrrole nitrogens is 1. The Labute approximate surface area is 180 Å². The predicted octanol–water partition coefficient (Wildman–Crippen LogP) is 2.56. The molecule has 1 heterocycles. The van der Waals surface area contributed by atoms with Crippen LogP contribution in [0.15, 0.2) is 40.3 Å². The summed E-state index contributed by atoms with van der Waals surface area (Å²) >= 11 is 1.13. The number of aromatic nitrogens is 3. The van der Waals surface area contributed by atoms with Crippen LogP contribution in [0.4, 0.5) is 4.79 Å². The number of rotatable bonds is 7. The number of hydrogen-bond donors (Lipinski definition) is 3. The largest absolute Gasteiger partial charge is 0.343 e. The fraction of sp³-hybridized carbons (Fsp3) is 0.524. The molecular weight excluding hydrogens is 402 g/mol. The van der Waals surface area contributed by atoms with Gasteiger partial charge in [-0.25, -0.2) is 14.7 Å². The Kier molecular flexibility index (Phi) is 7.73. The number of hydrogen-bond acceptors (Lipinski definition) is 5. The topological polar surface area (TPSA) is 109 Å². The van der Waals surface area contributed by atoms with Gasteiger partial charge in [0, 0.05) is 12.6 Å². The van der Waals surface area contributed by atoms with Gasteiger partial charge in [-0.1, -0.05) is 68.8 Å². The Hall–Kier alpha value is -2.55. The maximum absolute atomic E-state index is 12.2. The predicted molar refractivity (Wildman–Crippen MR) is 116 cm³/mol. The first-order valence-electron chi connectivity index (χ1n) is 10.4. The highest BCUT2D eigenvalue weighted by atomic mass is 32.2. The summed E-state index contributed by atoms with van der Waals surface area (Å²) in [6, 6.07) is 9.47. The number of nitrogens with zero attached hydrogens (tertiary/aromatic N) is 2. The summed E-state index contributed by atoms with van der Waals surface area (Å²) < 4.78 is 1.51. The van der Waals surface area contributed by atoms with Gasteiger partial charge in [-0.05, 0) is 30.2 Å². The lowest BCUT2D eigenvalue weighted by Crippen LogP contribution is -2.49. The van der Waals surface area contributed by atoms with Crippen molar-refractivity contribution >= 4 is 23.7 Å². The van der Waals surface area contributed by atoms with Gasteiger partial charge in [0.2, 0.25) is 5.91 Å². The maximum Gasteiger partial charge on any atom is 0.343 e. The summed E-state index contributed by atoms with van der Waals surface area (Å²) in [5.41, 5.74) is 0.800. The Balaban J connectivity index is 1.47. The van der Waals surface area contributed by atoms with Crippen molar-refractivity contribution in [2.45, 2.75) is 57.3 Å². The second kappa shape index (κ2) is 10.5. The summed E-state index contributed by atoms with van der Waals surface area (Å²) in [6.07, 6.45) is 3.87. The first kappa shape index (κ1) is 22.1. The van der Waals surface area contributed by atoms with E-state index in [1.807, 2.05) is 30.3 Å². The Morgan fingerprint density at radius 2 is 2.00 bits per heavy atom. The zero-order chi connectivity index (χ0) is 21.5. The van der Waals surface area contributed by atoms with Gasteiger partial charge in [0.1, 0.15) is 0 Å². The molecule has 1 aliphatic rings. The average molecular weight is 432 g/mol. The molecule has 0 aliphatic heterocycles. The van der Waals surface area contributed by atoms with E-state index in [2.05, 4.69) is 34.7 Å². The molecule has 0 saturated heterocycles. The number of thioether (sulfide) groups is 1. The van der Waals surface area contributed by atoms with E-state index in [9.17, 15) is 14.4 Å². The van der Waals surface area contributed by atoms with E-state index in [4.69, 9.17) is 0 Å². The number of nitrogens with one attached hydrogen (secondary N) is 3. The molecule has 9 heteroatoms. The minimum absolute atomic E-state index is 0.000324. The summed E-state index contributed by atoms with van der Waals surface area (Å²) in [7, 11) is 0. The first-order valence-corrected chi connectivity index (χ1v) is 11.3. The third-order valence-electron chi connectivity index (χ3n) is 5.80. The molecule has 3 amide bonds. The van der Waals surface area contributed by atoms with E-state index in [-0.39, 0.29) is 17.5 Å². The van der Waals surface area contributed by atoms with Crippen molar-refractivity contribution in [3.05, 3.63) is 46.4 Å². The van der Waals surface area contributed by atoms with E-state index < -0.39 is 11.9 Å². The van der Waals surface area contributed by atoms with Crippen molar-refractivity contribution in [2.24, 2.45) is 11.8 Å². The van der Waals surface area contributed by atoms with E-state index in [0.717, 1.165) is 30.2 Å². The number of carbonyl (C=O) groups excluding carboxylic acids is 2. The second-order valence-electron chi connectivity index (χ2n) is 7.88. The van der Waals surface area contributed by atoms with Gasteiger partial charge in [0.05, 0.1) is 5.75 Å². The van der Waals surface area contributed by atoms with E-state index >= 15 is 0 Å². The molecule has 0 radical (unpaired) electrons. The summed E-state index contributed by atoms with van der Waals surface area (Å²) in [4.78, 5) is 36.4. The highest BCUT2D eigenvalue weighted by molar-refractivity contribution is 7.99. The lowest BCUT2D eigenvalue weighted by Gasteiger charge is -2.34. The summed E-state index contributed by atoms with van der Waals surface area (Å²) in [5, 5.41) is 12.2. The minimum atomic E-state index is -0.463. The number of imide groups is 1. The number of aryl methyl sites for hydroxylation is 1. The van der Waals surface area contributed by atoms with Crippen LogP contribution < -0.4 is 16.3 Å². The van der Waals surface area contributed by atoms with Gasteiger partial charge in [0.15, 0.2) is 5.16 Å². The van der Waals surface area contributed by atoms with Gasteiger partial charge >= 0.3 is 11.7 Å². The van der Waals surface area contributed by atoms with E-state index in [0.29, 0.717) is 30.0 Å². The van der Waals surface area contributed by atoms with Gasteiger partial charge in [-0.3, -0.25) is 14.7 Å². The van der Waals surface area contributed by atoms with Gasteiger partial charge in [-0.15, -0.1) is 5.10 Å². The van der Waals surface area contributed by atoms with Gasteiger partial charge in [0.25, 0.3) is 0 Å². The van der Waals surface area contributed by atoms with Crippen LogP contribution in [-0.2, 0) is 17.8 Å². The molecule has 1 aliphatic carbocycles. The quantitative estimate of drug-likeness (QED) is 0.584.